The van der Waals surface area contributed by atoms with Crippen LogP contribution in [0.5, 0.6) is 0 Å². The molecule has 4 atom stereocenters. The van der Waals surface area contributed by atoms with Crippen molar-refractivity contribution in [3.05, 3.63) is 94.9 Å². The van der Waals surface area contributed by atoms with Crippen LogP contribution in [0, 0.1) is 11.6 Å². The molecule has 194 valence electrons. The number of nitrogens with one attached hydrogen (secondary N) is 1. The molecule has 0 saturated carbocycles. The lowest BCUT2D eigenvalue weighted by Crippen LogP contribution is -2.47. The second kappa shape index (κ2) is 10.5. The van der Waals surface area contributed by atoms with Gasteiger partial charge in [-0.1, -0.05) is 24.3 Å². The summed E-state index contributed by atoms with van der Waals surface area (Å²) in [7, 11) is 1.81. The molecule has 3 aromatic rings. The van der Waals surface area contributed by atoms with E-state index in [1.807, 2.05) is 18.9 Å². The minimum absolute atomic E-state index is 0.0579. The first-order valence-corrected chi connectivity index (χ1v) is 12.7. The monoisotopic (exact) mass is 507 g/mol. The summed E-state index contributed by atoms with van der Waals surface area (Å²) >= 11 is 0. The molecule has 5 rings (SSSR count). The lowest BCUT2D eigenvalue weighted by atomic mass is 9.96. The topological polar surface area (TPSA) is 65.8 Å². The normalized spacial score (nSPS) is 22.4. The van der Waals surface area contributed by atoms with E-state index >= 15 is 0 Å². The van der Waals surface area contributed by atoms with Crippen molar-refractivity contribution in [1.82, 2.24) is 15.1 Å². The van der Waals surface area contributed by atoms with E-state index in [0.717, 1.165) is 17.5 Å². The van der Waals surface area contributed by atoms with Crippen molar-refractivity contribution >= 4 is 11.8 Å². The summed E-state index contributed by atoms with van der Waals surface area (Å²) in [4.78, 5) is 30.8. The Morgan fingerprint density at radius 1 is 0.919 bits per heavy atom. The summed E-state index contributed by atoms with van der Waals surface area (Å²) < 4.78 is 32.8. The molecule has 1 N–H and O–H groups in total. The fourth-order valence-corrected chi connectivity index (χ4v) is 5.43. The van der Waals surface area contributed by atoms with Gasteiger partial charge in [-0.15, -0.1) is 0 Å². The van der Waals surface area contributed by atoms with Crippen molar-refractivity contribution in [2.24, 2.45) is 0 Å². The third-order valence-electron chi connectivity index (χ3n) is 7.73. The SMILES string of the molecule is CNC(C)c1ccc(C(=O)N2C[C@@H](c3ccc(F)cc3)C[C@H]2C(=O)N2CCC(c3ccc(F)cc3)C2)o1. The molecule has 0 spiro atoms. The minimum atomic E-state index is -0.648. The van der Waals surface area contributed by atoms with Crippen molar-refractivity contribution in [1.29, 1.82) is 0 Å². The Hall–Kier alpha value is -3.52. The van der Waals surface area contributed by atoms with Gasteiger partial charge in [0.25, 0.3) is 5.91 Å². The van der Waals surface area contributed by atoms with E-state index in [2.05, 4.69) is 5.32 Å². The summed E-state index contributed by atoms with van der Waals surface area (Å²) in [5.41, 5.74) is 1.89. The Bertz CT molecular complexity index is 1260. The zero-order chi connectivity index (χ0) is 26.1. The van der Waals surface area contributed by atoms with E-state index in [1.54, 1.807) is 41.3 Å². The number of hydrogen-bond donors (Lipinski definition) is 1. The Labute approximate surface area is 215 Å². The summed E-state index contributed by atoms with van der Waals surface area (Å²) in [6.07, 6.45) is 1.23. The first-order chi connectivity index (χ1) is 17.8. The summed E-state index contributed by atoms with van der Waals surface area (Å²) in [5, 5.41) is 3.09. The molecule has 0 aliphatic carbocycles. The van der Waals surface area contributed by atoms with Crippen LogP contribution in [0.25, 0.3) is 0 Å². The third-order valence-corrected chi connectivity index (χ3v) is 7.73. The van der Waals surface area contributed by atoms with Gasteiger partial charge in [-0.3, -0.25) is 9.59 Å². The highest BCUT2D eigenvalue weighted by Gasteiger charge is 2.44. The molecule has 0 bridgehead atoms. The molecule has 6 nitrogen and oxygen atoms in total. The average Bonchev–Trinajstić information content (AvgIpc) is 3.68. The van der Waals surface area contributed by atoms with Crippen LogP contribution in [-0.4, -0.2) is 54.3 Å². The number of furan rings is 1. The zero-order valence-corrected chi connectivity index (χ0v) is 21.0. The van der Waals surface area contributed by atoms with Crippen LogP contribution in [-0.2, 0) is 4.79 Å². The van der Waals surface area contributed by atoms with Crippen LogP contribution in [0.4, 0.5) is 8.78 Å². The van der Waals surface area contributed by atoms with Crippen LogP contribution < -0.4 is 5.32 Å². The fraction of sp³-hybridized carbons (Fsp3) is 0.379. The number of nitrogens with zero attached hydrogens (tertiary/aromatic N) is 2. The van der Waals surface area contributed by atoms with E-state index in [4.69, 9.17) is 4.42 Å². The third kappa shape index (κ3) is 5.16. The zero-order valence-electron chi connectivity index (χ0n) is 21.0. The molecule has 2 fully saturated rings. The van der Waals surface area contributed by atoms with Gasteiger partial charge in [0.2, 0.25) is 5.91 Å². The summed E-state index contributed by atoms with van der Waals surface area (Å²) in [5.74, 6) is -0.173. The molecule has 2 amide bonds. The molecule has 2 aromatic carbocycles. The summed E-state index contributed by atoms with van der Waals surface area (Å²) in [6, 6.07) is 15.4. The van der Waals surface area contributed by atoms with Gasteiger partial charge in [-0.25, -0.2) is 8.78 Å². The highest BCUT2D eigenvalue weighted by Crippen LogP contribution is 2.36. The molecule has 2 saturated heterocycles. The molecular formula is C29H31F2N3O3. The van der Waals surface area contributed by atoms with Gasteiger partial charge in [0.05, 0.1) is 6.04 Å². The molecule has 2 unspecified atom stereocenters. The number of halogens is 2. The average molecular weight is 508 g/mol. The number of hydrogen-bond acceptors (Lipinski definition) is 4. The lowest BCUT2D eigenvalue weighted by Gasteiger charge is -2.27. The molecule has 37 heavy (non-hydrogen) atoms. The van der Waals surface area contributed by atoms with E-state index in [0.29, 0.717) is 31.8 Å². The summed E-state index contributed by atoms with van der Waals surface area (Å²) in [6.45, 7) is 3.37. The smallest absolute Gasteiger partial charge is 0.290 e. The van der Waals surface area contributed by atoms with Crippen LogP contribution >= 0.6 is 0 Å². The van der Waals surface area contributed by atoms with E-state index in [1.165, 1.54) is 24.3 Å². The van der Waals surface area contributed by atoms with Gasteiger partial charge in [-0.05, 0) is 74.3 Å². The van der Waals surface area contributed by atoms with Gasteiger partial charge in [0, 0.05) is 31.5 Å². The standard InChI is InChI=1S/C29H31F2N3O3/c1-18(32-2)26-11-12-27(37-26)29(36)34-17-22(20-5-9-24(31)10-6-20)15-25(34)28(35)33-14-13-21(16-33)19-3-7-23(30)8-4-19/h3-12,18,21-22,25,32H,13-17H2,1-2H3/t18?,21?,22-,25-/m0/s1. The largest absolute Gasteiger partial charge is 0.454 e. The molecule has 2 aliphatic rings. The quantitative estimate of drug-likeness (QED) is 0.518. The van der Waals surface area contributed by atoms with Gasteiger partial charge in [0.1, 0.15) is 23.4 Å². The first kappa shape index (κ1) is 25.1. The van der Waals surface area contributed by atoms with Crippen molar-refractivity contribution in [2.45, 2.75) is 43.7 Å². The maximum Gasteiger partial charge on any atom is 0.290 e. The number of likely N-dealkylation sites (tertiary alicyclic amines) is 2. The second-order valence-corrected chi connectivity index (χ2v) is 9.99. The van der Waals surface area contributed by atoms with Gasteiger partial charge < -0.3 is 19.5 Å². The Morgan fingerprint density at radius 3 is 2.16 bits per heavy atom. The minimum Gasteiger partial charge on any atom is -0.454 e. The molecule has 1 aromatic heterocycles. The number of rotatable bonds is 6. The molecule has 3 heterocycles. The Balaban J connectivity index is 1.37. The molecule has 2 aliphatic heterocycles. The maximum absolute atomic E-state index is 13.8. The highest BCUT2D eigenvalue weighted by molar-refractivity contribution is 5.96. The first-order valence-electron chi connectivity index (χ1n) is 12.7. The fourth-order valence-electron chi connectivity index (χ4n) is 5.43. The Morgan fingerprint density at radius 2 is 1.54 bits per heavy atom. The van der Waals surface area contributed by atoms with Crippen molar-refractivity contribution in [3.8, 4) is 0 Å². The van der Waals surface area contributed by atoms with Crippen LogP contribution in [0.15, 0.2) is 65.1 Å². The second-order valence-electron chi connectivity index (χ2n) is 9.99. The van der Waals surface area contributed by atoms with E-state index in [-0.39, 0.29) is 47.1 Å². The predicted octanol–water partition coefficient (Wildman–Crippen LogP) is 4.85. The molecule has 8 heteroatoms. The van der Waals surface area contributed by atoms with E-state index < -0.39 is 6.04 Å². The van der Waals surface area contributed by atoms with Crippen LogP contribution in [0.3, 0.4) is 0 Å². The number of benzene rings is 2. The van der Waals surface area contributed by atoms with Gasteiger partial charge in [0.15, 0.2) is 5.76 Å². The van der Waals surface area contributed by atoms with Gasteiger partial charge >= 0.3 is 0 Å². The maximum atomic E-state index is 13.8. The van der Waals surface area contributed by atoms with Crippen molar-refractivity contribution < 1.29 is 22.8 Å². The predicted molar refractivity (Wildman–Crippen MR) is 135 cm³/mol. The van der Waals surface area contributed by atoms with Crippen LogP contribution in [0.1, 0.15) is 65.1 Å². The van der Waals surface area contributed by atoms with Crippen LogP contribution in [0.2, 0.25) is 0 Å². The lowest BCUT2D eigenvalue weighted by molar-refractivity contribution is -0.134. The Kier molecular flexibility index (Phi) is 7.11. The van der Waals surface area contributed by atoms with E-state index in [9.17, 15) is 18.4 Å². The highest BCUT2D eigenvalue weighted by atomic mass is 19.1. The molecular weight excluding hydrogens is 476 g/mol. The number of carbonyl (C=O) groups is 2. The molecule has 0 radical (unpaired) electrons. The number of amides is 2. The number of carbonyl (C=O) groups excluding carboxylic acids is 2. The van der Waals surface area contributed by atoms with Crippen molar-refractivity contribution in [3.63, 3.8) is 0 Å². The van der Waals surface area contributed by atoms with Crippen molar-refractivity contribution in [2.75, 3.05) is 26.7 Å². The van der Waals surface area contributed by atoms with Gasteiger partial charge in [-0.2, -0.15) is 0 Å².